The quantitative estimate of drug-likeness (QED) is 0.455. The van der Waals surface area contributed by atoms with Gasteiger partial charge >= 0.3 is 0 Å². The maximum Gasteiger partial charge on any atom is 0.184 e. The second-order valence-electron chi connectivity index (χ2n) is 2.21. The molecule has 0 aromatic rings. The van der Waals surface area contributed by atoms with E-state index in [1.807, 2.05) is 0 Å². The lowest BCUT2D eigenvalue weighted by atomic mass is 10.4. The molecule has 12 heavy (non-hydrogen) atoms. The Bertz CT molecular complexity index is 338. The molecule has 0 rings (SSSR count). The lowest BCUT2D eigenvalue weighted by Crippen LogP contribution is -1.96. The molecule has 0 saturated heterocycles. The van der Waals surface area contributed by atoms with Crippen LogP contribution in [-0.4, -0.2) is 5.87 Å². The summed E-state index contributed by atoms with van der Waals surface area (Å²) < 4.78 is 0. The van der Waals surface area contributed by atoms with Crippen LogP contribution in [0.5, 0.6) is 0 Å². The number of allylic oxidation sites excluding steroid dienone is 3. The summed E-state index contributed by atoms with van der Waals surface area (Å²) >= 11 is 0. The average molecular weight is 160 g/mol. The predicted molar refractivity (Wildman–Crippen MR) is 44.7 cm³/mol. The van der Waals surface area contributed by atoms with Gasteiger partial charge in [-0.2, -0.15) is 15.5 Å². The van der Waals surface area contributed by atoms with Gasteiger partial charge in [-0.05, 0) is 25.3 Å². The number of hydrogen-bond donors (Lipinski definition) is 1. The number of nitrogens with zero attached hydrogens (tertiary/aromatic N) is 3. The Morgan fingerprint density at radius 1 is 1.25 bits per heavy atom. The maximum atomic E-state index is 8.46. The van der Waals surface area contributed by atoms with E-state index < -0.39 is 0 Å². The smallest absolute Gasteiger partial charge is 0.184 e. The molecular weight excluding hydrogens is 152 g/mol. The van der Waals surface area contributed by atoms with E-state index in [1.165, 1.54) is 0 Å². The fraction of sp³-hybridized carbons (Fsp3) is 0.250. The minimum Gasteiger partial charge on any atom is -0.388 e. The Kier molecular flexibility index (Phi) is 3.93. The van der Waals surface area contributed by atoms with Gasteiger partial charge in [0.05, 0.1) is 0 Å². The van der Waals surface area contributed by atoms with Crippen molar-refractivity contribution >= 4 is 5.87 Å². The SMILES string of the molecule is CC(C)=C=N/C(C#N)=C(\N)C#N. The minimum absolute atomic E-state index is 0.0984. The Morgan fingerprint density at radius 3 is 2.17 bits per heavy atom. The largest absolute Gasteiger partial charge is 0.388 e. The first-order valence-corrected chi connectivity index (χ1v) is 3.18. The molecule has 0 atom stereocenters. The molecule has 0 aromatic heterocycles. The van der Waals surface area contributed by atoms with Crippen molar-refractivity contribution in [1.29, 1.82) is 10.5 Å². The molecule has 0 aliphatic rings. The topological polar surface area (TPSA) is 86.0 Å². The van der Waals surface area contributed by atoms with Crippen LogP contribution < -0.4 is 5.73 Å². The van der Waals surface area contributed by atoms with E-state index >= 15 is 0 Å². The molecule has 0 bridgehead atoms. The lowest BCUT2D eigenvalue weighted by molar-refractivity contribution is 1.27. The van der Waals surface area contributed by atoms with E-state index in [2.05, 4.69) is 10.9 Å². The standard InChI is InChI=1S/C8H8N4/c1-6(2)5-12-8(4-10)7(11)3-9/h11H2,1-2H3/b8-7-. The van der Waals surface area contributed by atoms with Gasteiger partial charge in [-0.1, -0.05) is 0 Å². The minimum atomic E-state index is -0.189. The van der Waals surface area contributed by atoms with Gasteiger partial charge in [0.25, 0.3) is 0 Å². The number of aliphatic imine (C=N–C) groups is 1. The number of hydrogen-bond acceptors (Lipinski definition) is 4. The first-order chi connectivity index (χ1) is 5.61. The summed E-state index contributed by atoms with van der Waals surface area (Å²) in [5.41, 5.74) is 5.69. The second kappa shape index (κ2) is 4.73. The third-order valence-corrected chi connectivity index (χ3v) is 0.873. The zero-order chi connectivity index (χ0) is 9.56. The van der Waals surface area contributed by atoms with Crippen LogP contribution in [0.1, 0.15) is 13.8 Å². The summed E-state index contributed by atoms with van der Waals surface area (Å²) in [5.74, 6) is 2.54. The van der Waals surface area contributed by atoms with E-state index in [9.17, 15) is 0 Å². The first-order valence-electron chi connectivity index (χ1n) is 3.18. The maximum absolute atomic E-state index is 8.46. The number of nitriles is 2. The van der Waals surface area contributed by atoms with Crippen molar-refractivity contribution < 1.29 is 0 Å². The molecule has 0 radical (unpaired) electrons. The molecule has 0 fully saturated rings. The molecule has 0 saturated carbocycles. The van der Waals surface area contributed by atoms with E-state index in [0.29, 0.717) is 0 Å². The Morgan fingerprint density at radius 2 is 1.83 bits per heavy atom. The van der Waals surface area contributed by atoms with Crippen LogP contribution in [0, 0.1) is 22.7 Å². The molecule has 0 unspecified atom stereocenters. The number of nitrogens with two attached hydrogens (primary N) is 1. The summed E-state index contributed by atoms with van der Waals surface area (Å²) in [6.45, 7) is 3.56. The van der Waals surface area contributed by atoms with Gasteiger partial charge < -0.3 is 5.73 Å². The fourth-order valence-electron chi connectivity index (χ4n) is 0.366. The van der Waals surface area contributed by atoms with Crippen LogP contribution in [0.2, 0.25) is 0 Å². The van der Waals surface area contributed by atoms with Crippen LogP contribution in [0.15, 0.2) is 22.0 Å². The van der Waals surface area contributed by atoms with E-state index in [1.54, 1.807) is 26.0 Å². The summed E-state index contributed by atoms with van der Waals surface area (Å²) in [4.78, 5) is 3.60. The van der Waals surface area contributed by atoms with Crippen molar-refractivity contribution in [2.24, 2.45) is 10.7 Å². The molecule has 4 heteroatoms. The van der Waals surface area contributed by atoms with Crippen LogP contribution in [-0.2, 0) is 0 Å². The monoisotopic (exact) mass is 160 g/mol. The van der Waals surface area contributed by atoms with Gasteiger partial charge in [0.1, 0.15) is 17.8 Å². The zero-order valence-corrected chi connectivity index (χ0v) is 6.92. The summed E-state index contributed by atoms with van der Waals surface area (Å²) in [7, 11) is 0. The molecule has 0 spiro atoms. The van der Waals surface area contributed by atoms with E-state index in [0.717, 1.165) is 5.57 Å². The van der Waals surface area contributed by atoms with E-state index in [4.69, 9.17) is 16.3 Å². The van der Waals surface area contributed by atoms with Gasteiger partial charge in [-0.25, -0.2) is 0 Å². The second-order valence-corrected chi connectivity index (χ2v) is 2.21. The molecule has 0 aromatic carbocycles. The van der Waals surface area contributed by atoms with E-state index in [-0.39, 0.29) is 11.4 Å². The molecule has 0 aliphatic carbocycles. The third kappa shape index (κ3) is 3.22. The molecule has 4 nitrogen and oxygen atoms in total. The molecule has 0 amide bonds. The number of rotatable bonds is 1. The van der Waals surface area contributed by atoms with Gasteiger partial charge in [-0.15, -0.1) is 0 Å². The van der Waals surface area contributed by atoms with Crippen LogP contribution in [0.3, 0.4) is 0 Å². The predicted octanol–water partition coefficient (Wildman–Crippen LogP) is 0.840. The molecule has 2 N–H and O–H groups in total. The third-order valence-electron chi connectivity index (χ3n) is 0.873. The van der Waals surface area contributed by atoms with Crippen LogP contribution in [0.25, 0.3) is 0 Å². The van der Waals surface area contributed by atoms with Crippen molar-refractivity contribution in [3.8, 4) is 12.1 Å². The Hall–Kier alpha value is -2.03. The molecule has 0 heterocycles. The summed E-state index contributed by atoms with van der Waals surface area (Å²) in [6, 6.07) is 3.33. The van der Waals surface area contributed by atoms with Crippen molar-refractivity contribution in [1.82, 2.24) is 0 Å². The molecular formula is C8H8N4. The van der Waals surface area contributed by atoms with Gasteiger partial charge in [0.15, 0.2) is 5.70 Å². The van der Waals surface area contributed by atoms with Crippen LogP contribution >= 0.6 is 0 Å². The van der Waals surface area contributed by atoms with Gasteiger partial charge in [0, 0.05) is 0 Å². The van der Waals surface area contributed by atoms with Gasteiger partial charge in [-0.3, -0.25) is 0 Å². The highest BCUT2D eigenvalue weighted by Gasteiger charge is 1.97. The summed E-state index contributed by atoms with van der Waals surface area (Å²) in [6.07, 6.45) is 0. The molecule has 0 aliphatic heterocycles. The fourth-order valence-corrected chi connectivity index (χ4v) is 0.366. The van der Waals surface area contributed by atoms with Gasteiger partial charge in [0.2, 0.25) is 0 Å². The highest BCUT2D eigenvalue weighted by molar-refractivity contribution is 5.59. The van der Waals surface area contributed by atoms with Crippen molar-refractivity contribution in [3.63, 3.8) is 0 Å². The van der Waals surface area contributed by atoms with Crippen molar-refractivity contribution in [3.05, 3.63) is 17.0 Å². The lowest BCUT2D eigenvalue weighted by Gasteiger charge is -1.85. The highest BCUT2D eigenvalue weighted by atomic mass is 14.8. The molecule has 60 valence electrons. The summed E-state index contributed by atoms with van der Waals surface area (Å²) in [5, 5.41) is 16.8. The Labute approximate surface area is 70.9 Å². The Balaban J connectivity index is 5.05. The normalized spacial score (nSPS) is 10.0. The average Bonchev–Trinajstić information content (AvgIpc) is 2.04. The van der Waals surface area contributed by atoms with Crippen molar-refractivity contribution in [2.75, 3.05) is 0 Å². The highest BCUT2D eigenvalue weighted by Crippen LogP contribution is 1.96. The van der Waals surface area contributed by atoms with Crippen LogP contribution in [0.4, 0.5) is 0 Å². The first kappa shape index (κ1) is 9.97. The zero-order valence-electron chi connectivity index (χ0n) is 6.92. The van der Waals surface area contributed by atoms with Crippen molar-refractivity contribution in [2.45, 2.75) is 13.8 Å².